The fourth-order valence-corrected chi connectivity index (χ4v) is 1.07. The average molecular weight is 259 g/mol. The highest BCUT2D eigenvalue weighted by Crippen LogP contribution is 2.04. The Morgan fingerprint density at radius 2 is 2.41 bits per heavy atom. The highest BCUT2D eigenvalue weighted by molar-refractivity contribution is 6.29. The molecule has 0 bridgehead atoms. The highest BCUT2D eigenvalue weighted by atomic mass is 35.5. The van der Waals surface area contributed by atoms with Crippen LogP contribution in [-0.4, -0.2) is 23.0 Å². The Balaban J connectivity index is 2.41. The van der Waals surface area contributed by atoms with E-state index in [4.69, 9.17) is 11.6 Å². The van der Waals surface area contributed by atoms with E-state index < -0.39 is 5.03 Å². The quantitative estimate of drug-likeness (QED) is 0.233. The van der Waals surface area contributed by atoms with Gasteiger partial charge in [-0.1, -0.05) is 17.7 Å². The van der Waals surface area contributed by atoms with Gasteiger partial charge in [-0.15, -0.1) is 0 Å². The molecule has 1 heterocycles. The van der Waals surface area contributed by atoms with Crippen LogP contribution in [0.15, 0.2) is 23.4 Å². The van der Waals surface area contributed by atoms with Crippen molar-refractivity contribution in [1.82, 2.24) is 21.2 Å². The molecular weight excluding hydrogens is 248 g/mol. The molecule has 0 aliphatic rings. The van der Waals surface area contributed by atoms with Crippen LogP contribution in [0.2, 0.25) is 5.15 Å². The summed E-state index contributed by atoms with van der Waals surface area (Å²) in [5, 5.41) is 15.3. The van der Waals surface area contributed by atoms with Crippen molar-refractivity contribution >= 4 is 17.6 Å². The third-order valence-electron chi connectivity index (χ3n) is 1.71. The van der Waals surface area contributed by atoms with E-state index in [1.807, 2.05) is 0 Å². The number of nitro groups is 1. The van der Waals surface area contributed by atoms with Gasteiger partial charge in [-0.2, -0.15) is 0 Å². The lowest BCUT2D eigenvalue weighted by Crippen LogP contribution is -2.44. The zero-order chi connectivity index (χ0) is 12.7. The van der Waals surface area contributed by atoms with Crippen molar-refractivity contribution in [3.63, 3.8) is 0 Å². The van der Waals surface area contributed by atoms with Gasteiger partial charge in [0.2, 0.25) is 0 Å². The van der Waals surface area contributed by atoms with Crippen LogP contribution in [0.1, 0.15) is 5.56 Å². The minimum Gasteiger partial charge on any atom is -0.353 e. The first-order valence-electron chi connectivity index (χ1n) is 4.62. The Morgan fingerprint density at radius 1 is 1.65 bits per heavy atom. The number of halogens is 1. The first-order valence-corrected chi connectivity index (χ1v) is 4.99. The molecule has 3 N–H and O–H groups in total. The standard InChI is InChI=1S/C8H11ClN6O2/c1-10-8(14-15(16)17)13-12-5-6-2-3-7(9)11-4-6/h2-4,12H,5H2,1H3,(H2,10,13,14). The van der Waals surface area contributed by atoms with Gasteiger partial charge in [0.05, 0.1) is 0 Å². The summed E-state index contributed by atoms with van der Waals surface area (Å²) in [4.78, 5) is 14.0. The van der Waals surface area contributed by atoms with Gasteiger partial charge in [-0.05, 0) is 11.6 Å². The fourth-order valence-electron chi connectivity index (χ4n) is 0.960. The molecule has 0 radical (unpaired) electrons. The smallest absolute Gasteiger partial charge is 0.282 e. The van der Waals surface area contributed by atoms with Crippen molar-refractivity contribution in [2.45, 2.75) is 6.54 Å². The summed E-state index contributed by atoms with van der Waals surface area (Å²) < 4.78 is 0. The topological polar surface area (TPSA) is 104 Å². The molecule has 92 valence electrons. The summed E-state index contributed by atoms with van der Waals surface area (Å²) in [6.07, 6.45) is 1.60. The van der Waals surface area contributed by atoms with Crippen LogP contribution < -0.4 is 16.2 Å². The molecule has 1 rings (SSSR count). The molecule has 1 aromatic rings. The average Bonchev–Trinajstić information content (AvgIpc) is 2.30. The van der Waals surface area contributed by atoms with Crippen LogP contribution in [-0.2, 0) is 6.54 Å². The number of nitrogens with one attached hydrogen (secondary N) is 3. The van der Waals surface area contributed by atoms with Crippen LogP contribution in [0.4, 0.5) is 0 Å². The van der Waals surface area contributed by atoms with Gasteiger partial charge >= 0.3 is 0 Å². The molecule has 0 fully saturated rings. The van der Waals surface area contributed by atoms with Gasteiger partial charge in [0.1, 0.15) is 10.3 Å². The first kappa shape index (κ1) is 13.1. The third-order valence-corrected chi connectivity index (χ3v) is 1.93. The van der Waals surface area contributed by atoms with Gasteiger partial charge in [0.25, 0.3) is 5.96 Å². The van der Waals surface area contributed by atoms with E-state index >= 15 is 0 Å². The summed E-state index contributed by atoms with van der Waals surface area (Å²) in [6, 6.07) is 3.44. The van der Waals surface area contributed by atoms with Crippen LogP contribution >= 0.6 is 11.6 Å². The fraction of sp³-hybridized carbons (Fsp3) is 0.250. The molecule has 0 amide bonds. The SMILES string of the molecule is CNC(=N[N+](=O)[O-])NNCc1ccc(Cl)nc1. The monoisotopic (exact) mass is 258 g/mol. The number of pyridine rings is 1. The van der Waals surface area contributed by atoms with Crippen LogP contribution in [0.3, 0.4) is 0 Å². The second-order valence-electron chi connectivity index (χ2n) is 2.90. The molecule has 0 unspecified atom stereocenters. The lowest BCUT2D eigenvalue weighted by molar-refractivity contribution is -0.485. The van der Waals surface area contributed by atoms with Crippen molar-refractivity contribution in [2.24, 2.45) is 5.10 Å². The summed E-state index contributed by atoms with van der Waals surface area (Å²) in [6.45, 7) is 0.419. The number of rotatable bonds is 4. The number of hydrogen-bond donors (Lipinski definition) is 3. The van der Waals surface area contributed by atoms with E-state index in [1.54, 1.807) is 18.3 Å². The second-order valence-corrected chi connectivity index (χ2v) is 3.29. The van der Waals surface area contributed by atoms with Gasteiger partial charge in [-0.3, -0.25) is 5.43 Å². The summed E-state index contributed by atoms with van der Waals surface area (Å²) >= 11 is 5.62. The Labute approximate surface area is 102 Å². The molecule has 0 aliphatic carbocycles. The summed E-state index contributed by atoms with van der Waals surface area (Å²) in [5.41, 5.74) is 6.17. The Kier molecular flexibility index (Phi) is 5.11. The molecule has 0 atom stereocenters. The van der Waals surface area contributed by atoms with Gasteiger partial charge < -0.3 is 5.32 Å². The predicted molar refractivity (Wildman–Crippen MR) is 62.7 cm³/mol. The molecule has 0 aliphatic heterocycles. The molecule has 0 aromatic carbocycles. The lowest BCUT2D eigenvalue weighted by atomic mass is 10.3. The van der Waals surface area contributed by atoms with Crippen molar-refractivity contribution in [3.8, 4) is 0 Å². The number of hydrazine groups is 1. The molecule has 0 saturated carbocycles. The van der Waals surface area contributed by atoms with E-state index in [1.165, 1.54) is 7.05 Å². The normalized spacial score (nSPS) is 11.1. The number of hydrogen-bond acceptors (Lipinski definition) is 4. The van der Waals surface area contributed by atoms with Gasteiger partial charge in [0, 0.05) is 19.8 Å². The van der Waals surface area contributed by atoms with Gasteiger partial charge in [0.15, 0.2) is 5.03 Å². The maximum absolute atomic E-state index is 10.1. The Hall–Kier alpha value is -1.93. The Morgan fingerprint density at radius 3 is 2.94 bits per heavy atom. The highest BCUT2D eigenvalue weighted by Gasteiger charge is 2.01. The minimum atomic E-state index is -0.801. The van der Waals surface area contributed by atoms with E-state index in [9.17, 15) is 10.1 Å². The maximum Gasteiger partial charge on any atom is 0.282 e. The first-order chi connectivity index (χ1) is 8.11. The molecule has 0 saturated heterocycles. The molecular formula is C8H11ClN6O2. The van der Waals surface area contributed by atoms with Crippen LogP contribution in [0.5, 0.6) is 0 Å². The number of hydrazone groups is 1. The second kappa shape index (κ2) is 6.61. The van der Waals surface area contributed by atoms with Crippen molar-refractivity contribution in [1.29, 1.82) is 0 Å². The maximum atomic E-state index is 10.1. The number of guanidine groups is 1. The molecule has 17 heavy (non-hydrogen) atoms. The third kappa shape index (κ3) is 5.09. The van der Waals surface area contributed by atoms with Crippen LogP contribution in [0, 0.1) is 10.1 Å². The van der Waals surface area contributed by atoms with Gasteiger partial charge in [-0.25, -0.2) is 20.5 Å². The lowest BCUT2D eigenvalue weighted by Gasteiger charge is -2.07. The zero-order valence-electron chi connectivity index (χ0n) is 8.98. The summed E-state index contributed by atoms with van der Waals surface area (Å²) in [7, 11) is 1.51. The van der Waals surface area contributed by atoms with E-state index in [2.05, 4.69) is 26.3 Å². The summed E-state index contributed by atoms with van der Waals surface area (Å²) in [5.74, 6) is 0.0110. The van der Waals surface area contributed by atoms with Crippen molar-refractivity contribution in [3.05, 3.63) is 39.2 Å². The van der Waals surface area contributed by atoms with E-state index in [-0.39, 0.29) is 5.96 Å². The van der Waals surface area contributed by atoms with E-state index in [0.29, 0.717) is 11.7 Å². The number of aromatic nitrogens is 1. The van der Waals surface area contributed by atoms with E-state index in [0.717, 1.165) is 5.56 Å². The van der Waals surface area contributed by atoms with Crippen molar-refractivity contribution in [2.75, 3.05) is 7.05 Å². The van der Waals surface area contributed by atoms with Crippen molar-refractivity contribution < 1.29 is 5.03 Å². The Bertz CT molecular complexity index is 407. The predicted octanol–water partition coefficient (Wildman–Crippen LogP) is 0.0963. The number of nitrogens with zero attached hydrogens (tertiary/aromatic N) is 3. The largest absolute Gasteiger partial charge is 0.353 e. The molecule has 9 heteroatoms. The molecule has 8 nitrogen and oxygen atoms in total. The minimum absolute atomic E-state index is 0.0110. The van der Waals surface area contributed by atoms with Crippen LogP contribution in [0.25, 0.3) is 0 Å². The molecule has 0 spiro atoms. The molecule has 1 aromatic heterocycles. The zero-order valence-corrected chi connectivity index (χ0v) is 9.73.